The molecule has 0 radical (unpaired) electrons. The normalized spacial score (nSPS) is 30.1. The van der Waals surface area contributed by atoms with E-state index in [0.717, 1.165) is 0 Å². The van der Waals surface area contributed by atoms with Gasteiger partial charge in [0.25, 0.3) is 0 Å². The van der Waals surface area contributed by atoms with Gasteiger partial charge in [-0.2, -0.15) is 4.57 Å². The Morgan fingerprint density at radius 2 is 1.26 bits per heavy atom. The molecule has 1 N–H and O–H groups in total. The quantitative estimate of drug-likeness (QED) is 0.555. The third-order valence-corrected chi connectivity index (χ3v) is 6.20. The molecule has 23 heavy (non-hydrogen) atoms. The smallest absolute Gasteiger partial charge is 0.504 e. The van der Waals surface area contributed by atoms with Gasteiger partial charge in [-0.25, -0.2) is 4.57 Å². The van der Waals surface area contributed by atoms with Crippen LogP contribution in [0.15, 0.2) is 0 Å². The lowest BCUT2D eigenvalue weighted by molar-refractivity contribution is -0.115. The molecule has 10 nitrogen and oxygen atoms in total. The Labute approximate surface area is 126 Å². The molecule has 4 aliphatic rings. The van der Waals surface area contributed by atoms with Crippen molar-refractivity contribution in [2.24, 2.45) is 0 Å². The van der Waals surface area contributed by atoms with Crippen LogP contribution in [0.1, 0.15) is 5.56 Å². The number of phenols is 1. The summed E-state index contributed by atoms with van der Waals surface area (Å²) in [6, 6.07) is 0. The fourth-order valence-corrected chi connectivity index (χ4v) is 5.36. The van der Waals surface area contributed by atoms with Crippen LogP contribution in [0.3, 0.4) is 0 Å². The number of hydrogen-bond donors (Lipinski definition) is 1. The Balaban J connectivity index is 1.94. The van der Waals surface area contributed by atoms with Crippen LogP contribution in [-0.4, -0.2) is 5.11 Å². The number of hydrogen-bond acceptors (Lipinski definition) is 10. The first-order valence-corrected chi connectivity index (χ1v) is 9.25. The highest BCUT2D eigenvalue weighted by molar-refractivity contribution is 7.50. The summed E-state index contributed by atoms with van der Waals surface area (Å²) < 4.78 is 55.7. The lowest BCUT2D eigenvalue weighted by Gasteiger charge is -2.20. The molecule has 0 spiro atoms. The average Bonchev–Trinajstić information content (AvgIpc) is 2.93. The minimum atomic E-state index is -4.10. The fraction of sp³-hybridized carbons (Fsp3) is 0.0909. The van der Waals surface area contributed by atoms with Gasteiger partial charge in [-0.3, -0.25) is 0 Å². The first-order valence-electron chi connectivity index (χ1n) is 6.33. The van der Waals surface area contributed by atoms with Gasteiger partial charge in [0.05, 0.1) is 10.8 Å². The minimum absolute atomic E-state index is 0.0197. The number of phosphoric acid groups is 2. The molecule has 2 unspecified atom stereocenters. The van der Waals surface area contributed by atoms with Crippen molar-refractivity contribution >= 4 is 26.4 Å². The van der Waals surface area contributed by atoms with Crippen molar-refractivity contribution in [3.8, 4) is 40.2 Å². The largest absolute Gasteiger partial charge is 0.647 e. The van der Waals surface area contributed by atoms with Gasteiger partial charge in [-0.15, -0.1) is 0 Å². The van der Waals surface area contributed by atoms with E-state index < -0.39 is 15.6 Å². The van der Waals surface area contributed by atoms with Gasteiger partial charge in [0.15, 0.2) is 23.0 Å². The summed E-state index contributed by atoms with van der Waals surface area (Å²) in [6.45, 7) is 1.52. The molecule has 6 rings (SSSR count). The number of phenolic OH excluding ortho intramolecular Hbond substituents is 1. The Morgan fingerprint density at radius 1 is 0.739 bits per heavy atom. The molecule has 0 aliphatic carbocycles. The van der Waals surface area contributed by atoms with E-state index in [-0.39, 0.29) is 51.2 Å². The van der Waals surface area contributed by atoms with Gasteiger partial charge >= 0.3 is 15.6 Å². The van der Waals surface area contributed by atoms with E-state index in [1.165, 1.54) is 6.92 Å². The Morgan fingerprint density at radius 3 is 2.00 bits per heavy atom. The third-order valence-electron chi connectivity index (χ3n) is 3.92. The van der Waals surface area contributed by atoms with E-state index in [1.807, 2.05) is 0 Å². The van der Waals surface area contributed by atoms with Gasteiger partial charge in [0, 0.05) is 5.56 Å². The Hall–Kier alpha value is -2.28. The van der Waals surface area contributed by atoms with Crippen molar-refractivity contribution in [3.63, 3.8) is 0 Å². The molecule has 4 aliphatic heterocycles. The van der Waals surface area contributed by atoms with Crippen LogP contribution < -0.4 is 27.5 Å². The number of phosphoric ester groups is 2. The molecule has 2 atom stereocenters. The number of aromatic hydroxyl groups is 1. The highest BCUT2D eigenvalue weighted by Crippen LogP contribution is 2.77. The summed E-state index contributed by atoms with van der Waals surface area (Å²) in [5, 5.41) is 10.8. The standard InChI is InChI=1S/C11H4O10P2/c1-2-5(12)7-4-3-6(2)16-22(13)17-8(3)10(19-22)11-9(4)18-23(14,20-11)21-15-7/h12H,1H3. The van der Waals surface area contributed by atoms with Crippen LogP contribution >= 0.6 is 15.6 Å². The van der Waals surface area contributed by atoms with E-state index in [2.05, 4.69) is 0 Å². The van der Waals surface area contributed by atoms with Crippen LogP contribution in [0.25, 0.3) is 10.8 Å². The summed E-state index contributed by atoms with van der Waals surface area (Å²) in [4.78, 5) is 4.97. The number of rotatable bonds is 0. The van der Waals surface area contributed by atoms with Crippen LogP contribution in [0.2, 0.25) is 0 Å². The zero-order valence-corrected chi connectivity index (χ0v) is 12.8. The second kappa shape index (κ2) is 3.17. The van der Waals surface area contributed by atoms with Gasteiger partial charge in [-0.05, 0) is 6.92 Å². The maximum absolute atomic E-state index is 12.5. The SMILES string of the molecule is Cc1c(O)c2c3c4c(c5c6c3c1OP(=O)(O5)O6)OP(=O)(OO2)O4. The molecule has 12 heteroatoms. The molecule has 2 aromatic carbocycles. The topological polar surface area (TPSA) is 119 Å². The molecular formula is C11H4O10P2. The maximum atomic E-state index is 12.5. The van der Waals surface area contributed by atoms with Crippen molar-refractivity contribution in [1.82, 2.24) is 0 Å². The van der Waals surface area contributed by atoms with Crippen LogP contribution in [0.5, 0.6) is 40.2 Å². The Bertz CT molecular complexity index is 1090. The first kappa shape index (κ1) is 12.2. The van der Waals surface area contributed by atoms with Crippen molar-refractivity contribution in [3.05, 3.63) is 5.56 Å². The minimum Gasteiger partial charge on any atom is -0.504 e. The second-order valence-electron chi connectivity index (χ2n) is 5.21. The molecule has 0 aromatic heterocycles. The van der Waals surface area contributed by atoms with Crippen molar-refractivity contribution in [2.75, 3.05) is 0 Å². The summed E-state index contributed by atoms with van der Waals surface area (Å²) in [7, 11) is -8.05. The summed E-state index contributed by atoms with van der Waals surface area (Å²) in [6.07, 6.45) is 0. The molecule has 118 valence electrons. The molecule has 0 fully saturated rings. The van der Waals surface area contributed by atoms with E-state index >= 15 is 0 Å². The molecule has 4 bridgehead atoms. The predicted molar refractivity (Wildman–Crippen MR) is 70.4 cm³/mol. The van der Waals surface area contributed by atoms with E-state index in [4.69, 9.17) is 32.2 Å². The van der Waals surface area contributed by atoms with Crippen molar-refractivity contribution in [2.45, 2.75) is 6.92 Å². The first-order chi connectivity index (χ1) is 10.9. The highest BCUT2D eigenvalue weighted by atomic mass is 31.2. The second-order valence-corrected chi connectivity index (χ2v) is 8.06. The molecule has 4 heterocycles. The van der Waals surface area contributed by atoms with E-state index in [1.54, 1.807) is 0 Å². The van der Waals surface area contributed by atoms with E-state index in [0.29, 0.717) is 5.39 Å². The summed E-state index contributed by atoms with van der Waals surface area (Å²) in [5.74, 6) is -0.441. The zero-order valence-electron chi connectivity index (χ0n) is 11.0. The molecule has 0 amide bonds. The van der Waals surface area contributed by atoms with Gasteiger partial charge < -0.3 is 32.6 Å². The highest BCUT2D eigenvalue weighted by Gasteiger charge is 2.57. The van der Waals surface area contributed by atoms with Crippen molar-refractivity contribution in [1.29, 1.82) is 0 Å². The lowest BCUT2D eigenvalue weighted by atomic mass is 10.0. The summed E-state index contributed by atoms with van der Waals surface area (Å²) >= 11 is 0. The van der Waals surface area contributed by atoms with Crippen LogP contribution in [0, 0.1) is 6.92 Å². The molecule has 2 aromatic rings. The predicted octanol–water partition coefficient (Wildman–Crippen LogP) is 3.33. The van der Waals surface area contributed by atoms with Crippen molar-refractivity contribution < 1.29 is 46.4 Å². The summed E-state index contributed by atoms with van der Waals surface area (Å²) in [5.41, 5.74) is 0.231. The van der Waals surface area contributed by atoms with Gasteiger partial charge in [0.1, 0.15) is 0 Å². The fourth-order valence-electron chi connectivity index (χ4n) is 2.96. The zero-order chi connectivity index (χ0) is 15.7. The molecular weight excluding hydrogens is 354 g/mol. The lowest BCUT2D eigenvalue weighted by Crippen LogP contribution is -2.06. The van der Waals surface area contributed by atoms with Gasteiger partial charge in [-0.1, -0.05) is 4.67 Å². The third kappa shape index (κ3) is 1.17. The van der Waals surface area contributed by atoms with Crippen LogP contribution in [-0.2, 0) is 13.8 Å². The van der Waals surface area contributed by atoms with Gasteiger partial charge in [0.2, 0.25) is 17.2 Å². The maximum Gasteiger partial charge on any atom is 0.647 e. The monoisotopic (exact) mass is 358 g/mol. The molecule has 0 saturated heterocycles. The van der Waals surface area contributed by atoms with E-state index in [9.17, 15) is 14.2 Å². The number of benzene rings is 2. The molecule has 0 saturated carbocycles. The number of fused-ring (bicyclic) bond motifs is 3. The average molecular weight is 358 g/mol. The van der Waals surface area contributed by atoms with Crippen LogP contribution in [0.4, 0.5) is 0 Å². The Kier molecular flexibility index (Phi) is 1.68.